The van der Waals surface area contributed by atoms with Crippen LogP contribution in [0.3, 0.4) is 0 Å². The van der Waals surface area contributed by atoms with Crippen LogP contribution < -0.4 is 9.47 Å². The van der Waals surface area contributed by atoms with Gasteiger partial charge in [-0.3, -0.25) is 0 Å². The molecular weight excluding hydrogens is 356 g/mol. The lowest BCUT2D eigenvalue weighted by Gasteiger charge is -2.26. The van der Waals surface area contributed by atoms with Gasteiger partial charge in [0.2, 0.25) is 0 Å². The third-order valence-electron chi connectivity index (χ3n) is 3.89. The Morgan fingerprint density at radius 2 is 1.04 bits per heavy atom. The first-order valence-electron chi connectivity index (χ1n) is 9.13. The van der Waals surface area contributed by atoms with Crippen LogP contribution in [-0.2, 0) is 9.47 Å². The van der Waals surface area contributed by atoms with Crippen LogP contribution in [0.2, 0.25) is 0 Å². The molecule has 5 nitrogen and oxygen atoms in total. The fraction of sp³-hybridized carbons (Fsp3) is 0.217. The van der Waals surface area contributed by atoms with Crippen LogP contribution >= 0.6 is 0 Å². The largest absolute Gasteiger partial charge is 0.508 e. The van der Waals surface area contributed by atoms with E-state index in [0.717, 1.165) is 5.56 Å². The van der Waals surface area contributed by atoms with Gasteiger partial charge in [-0.1, -0.05) is 48.5 Å². The third-order valence-corrected chi connectivity index (χ3v) is 3.89. The normalized spacial score (nSPS) is 14.1. The van der Waals surface area contributed by atoms with E-state index in [2.05, 4.69) is 0 Å². The lowest BCUT2D eigenvalue weighted by atomic mass is 10.2. The summed E-state index contributed by atoms with van der Waals surface area (Å²) < 4.78 is 23.6. The smallest absolute Gasteiger partial charge is 0.200 e. The van der Waals surface area contributed by atoms with Crippen LogP contribution in [0.5, 0.6) is 17.2 Å². The Labute approximate surface area is 165 Å². The monoisotopic (exact) mass is 380 g/mol. The molecule has 2 atom stereocenters. The van der Waals surface area contributed by atoms with Gasteiger partial charge in [0.25, 0.3) is 0 Å². The Bertz CT molecular complexity index is 771. The van der Waals surface area contributed by atoms with E-state index in [1.165, 1.54) is 0 Å². The van der Waals surface area contributed by atoms with Crippen molar-refractivity contribution in [3.63, 3.8) is 0 Å². The number of aromatic hydroxyl groups is 1. The number of benzene rings is 3. The minimum absolute atomic E-state index is 0.171. The number of hydrogen-bond acceptors (Lipinski definition) is 5. The second-order valence-electron chi connectivity index (χ2n) is 6.19. The van der Waals surface area contributed by atoms with Gasteiger partial charge >= 0.3 is 0 Å². The van der Waals surface area contributed by atoms with Crippen LogP contribution in [0.25, 0.3) is 0 Å². The third kappa shape index (κ3) is 6.01. The van der Waals surface area contributed by atoms with Crippen molar-refractivity contribution in [3.8, 4) is 17.2 Å². The molecule has 0 aromatic heterocycles. The Morgan fingerprint density at radius 1 is 0.607 bits per heavy atom. The average Bonchev–Trinajstić information content (AvgIpc) is 2.69. The molecule has 0 aliphatic rings. The summed E-state index contributed by atoms with van der Waals surface area (Å²) in [6.45, 7) is 3.60. The van der Waals surface area contributed by atoms with Gasteiger partial charge in [0.05, 0.1) is 0 Å². The number of ether oxygens (including phenoxy) is 4. The van der Waals surface area contributed by atoms with E-state index < -0.39 is 18.9 Å². The van der Waals surface area contributed by atoms with Crippen LogP contribution in [0, 0.1) is 0 Å². The van der Waals surface area contributed by atoms with Gasteiger partial charge in [0.1, 0.15) is 17.2 Å². The van der Waals surface area contributed by atoms with Crippen LogP contribution in [-0.4, -0.2) is 17.7 Å². The second kappa shape index (κ2) is 9.78. The van der Waals surface area contributed by atoms with E-state index in [-0.39, 0.29) is 5.75 Å². The average molecular weight is 380 g/mol. The molecule has 2 unspecified atom stereocenters. The second-order valence-corrected chi connectivity index (χ2v) is 6.19. The maximum absolute atomic E-state index is 9.56. The topological polar surface area (TPSA) is 57.2 Å². The standard InChI is InChI=1S/C23H24O5/c1-17(25-21-9-5-3-6-10-21)27-23(19-13-15-20(24)16-14-19)28-18(2)26-22-11-7-4-8-12-22/h3-18,23-24H,1-2H3. The fourth-order valence-corrected chi connectivity index (χ4v) is 2.61. The van der Waals surface area contributed by atoms with Crippen molar-refractivity contribution in [2.24, 2.45) is 0 Å². The van der Waals surface area contributed by atoms with Gasteiger partial charge < -0.3 is 24.1 Å². The van der Waals surface area contributed by atoms with Crippen molar-refractivity contribution in [1.29, 1.82) is 0 Å². The summed E-state index contributed by atoms with van der Waals surface area (Å²) in [5, 5.41) is 9.56. The Balaban J connectivity index is 1.68. The summed E-state index contributed by atoms with van der Waals surface area (Å²) in [6.07, 6.45) is -1.87. The van der Waals surface area contributed by atoms with Crippen LogP contribution in [0.4, 0.5) is 0 Å². The SMILES string of the molecule is CC(Oc1ccccc1)OC(OC(C)Oc1ccccc1)c1ccc(O)cc1. The summed E-state index contributed by atoms with van der Waals surface area (Å²) in [4.78, 5) is 0. The zero-order valence-corrected chi connectivity index (χ0v) is 15.9. The van der Waals surface area contributed by atoms with Crippen molar-refractivity contribution in [1.82, 2.24) is 0 Å². The maximum atomic E-state index is 9.56. The van der Waals surface area contributed by atoms with Crippen molar-refractivity contribution < 1.29 is 24.1 Å². The van der Waals surface area contributed by atoms with Crippen LogP contribution in [0.15, 0.2) is 84.9 Å². The summed E-state index contributed by atoms with van der Waals surface area (Å²) >= 11 is 0. The highest BCUT2D eigenvalue weighted by molar-refractivity contribution is 5.27. The minimum Gasteiger partial charge on any atom is -0.508 e. The predicted molar refractivity (Wildman–Crippen MR) is 106 cm³/mol. The van der Waals surface area contributed by atoms with E-state index in [9.17, 15) is 5.11 Å². The molecular formula is C23H24O5. The van der Waals surface area contributed by atoms with Crippen molar-refractivity contribution in [3.05, 3.63) is 90.5 Å². The first-order chi connectivity index (χ1) is 13.6. The van der Waals surface area contributed by atoms with E-state index in [4.69, 9.17) is 18.9 Å². The molecule has 0 aliphatic heterocycles. The number of phenols is 1. The van der Waals surface area contributed by atoms with Gasteiger partial charge in [0.15, 0.2) is 18.9 Å². The van der Waals surface area contributed by atoms with E-state index >= 15 is 0 Å². The molecule has 0 spiro atoms. The molecule has 146 valence electrons. The number of para-hydroxylation sites is 2. The molecule has 1 N–H and O–H groups in total. The summed E-state index contributed by atoms with van der Waals surface area (Å²) in [7, 11) is 0. The quantitative estimate of drug-likeness (QED) is 0.512. The number of rotatable bonds is 9. The molecule has 0 saturated carbocycles. The Morgan fingerprint density at radius 3 is 1.46 bits per heavy atom. The molecule has 3 aromatic rings. The zero-order chi connectivity index (χ0) is 19.8. The van der Waals surface area contributed by atoms with Gasteiger partial charge in [-0.05, 0) is 50.2 Å². The zero-order valence-electron chi connectivity index (χ0n) is 15.9. The summed E-state index contributed by atoms with van der Waals surface area (Å²) in [5.74, 6) is 1.57. The Hall–Kier alpha value is -3.02. The van der Waals surface area contributed by atoms with Crippen molar-refractivity contribution in [2.45, 2.75) is 32.7 Å². The highest BCUT2D eigenvalue weighted by Gasteiger charge is 2.21. The molecule has 28 heavy (non-hydrogen) atoms. The summed E-state index contributed by atoms with van der Waals surface area (Å²) in [6, 6.07) is 25.5. The van der Waals surface area contributed by atoms with E-state index in [1.807, 2.05) is 60.7 Å². The highest BCUT2D eigenvalue weighted by Crippen LogP contribution is 2.26. The highest BCUT2D eigenvalue weighted by atomic mass is 16.8. The van der Waals surface area contributed by atoms with Gasteiger partial charge in [-0.25, -0.2) is 0 Å². The van der Waals surface area contributed by atoms with Crippen molar-refractivity contribution >= 4 is 0 Å². The lowest BCUT2D eigenvalue weighted by molar-refractivity contribution is -0.260. The van der Waals surface area contributed by atoms with Gasteiger partial charge in [0, 0.05) is 5.56 Å². The molecule has 0 saturated heterocycles. The van der Waals surface area contributed by atoms with Gasteiger partial charge in [-0.15, -0.1) is 0 Å². The minimum atomic E-state index is -0.738. The molecule has 0 amide bonds. The Kier molecular flexibility index (Phi) is 6.89. The predicted octanol–water partition coefficient (Wildman–Crippen LogP) is 5.27. The molecule has 0 fully saturated rings. The molecule has 0 bridgehead atoms. The molecule has 5 heteroatoms. The van der Waals surface area contributed by atoms with Crippen molar-refractivity contribution in [2.75, 3.05) is 0 Å². The maximum Gasteiger partial charge on any atom is 0.200 e. The molecule has 0 aliphatic carbocycles. The fourth-order valence-electron chi connectivity index (χ4n) is 2.61. The summed E-state index contributed by atoms with van der Waals surface area (Å²) in [5.41, 5.74) is 0.741. The van der Waals surface area contributed by atoms with Gasteiger partial charge in [-0.2, -0.15) is 0 Å². The molecule has 3 rings (SSSR count). The lowest BCUT2D eigenvalue weighted by Crippen LogP contribution is -2.26. The van der Waals surface area contributed by atoms with E-state index in [0.29, 0.717) is 11.5 Å². The molecule has 3 aromatic carbocycles. The van der Waals surface area contributed by atoms with Crippen LogP contribution in [0.1, 0.15) is 25.7 Å². The molecule has 0 radical (unpaired) electrons. The number of hydrogen-bond donors (Lipinski definition) is 1. The van der Waals surface area contributed by atoms with E-state index in [1.54, 1.807) is 38.1 Å². The first kappa shape index (κ1) is 19.7. The molecule has 0 heterocycles. The number of phenolic OH excluding ortho intramolecular Hbond substituents is 1. The first-order valence-corrected chi connectivity index (χ1v) is 9.13.